The maximum atomic E-state index is 13.9. The summed E-state index contributed by atoms with van der Waals surface area (Å²) >= 11 is 0. The number of rotatable bonds is 3. The lowest BCUT2D eigenvalue weighted by Crippen LogP contribution is -2.41. The molecule has 2 amide bonds. The Labute approximate surface area is 161 Å². The van der Waals surface area contributed by atoms with Crippen LogP contribution in [0.15, 0.2) is 30.3 Å². The summed E-state index contributed by atoms with van der Waals surface area (Å²) in [5.74, 6) is -5.59. The van der Waals surface area contributed by atoms with Crippen molar-refractivity contribution in [3.05, 3.63) is 64.5 Å². The third-order valence-electron chi connectivity index (χ3n) is 5.07. The molecular weight excluding hydrogens is 369 g/mol. The van der Waals surface area contributed by atoms with Crippen molar-refractivity contribution in [2.24, 2.45) is 5.92 Å². The molecule has 148 valence electrons. The van der Waals surface area contributed by atoms with Crippen LogP contribution in [0.3, 0.4) is 0 Å². The van der Waals surface area contributed by atoms with Gasteiger partial charge >= 0.3 is 0 Å². The Balaban J connectivity index is 1.62. The second-order valence-electron chi connectivity index (χ2n) is 7.10. The number of carbonyl (C=O) groups is 2. The molecule has 2 aromatic rings. The molecule has 0 spiro atoms. The van der Waals surface area contributed by atoms with Gasteiger partial charge in [0.25, 0.3) is 5.91 Å². The van der Waals surface area contributed by atoms with Crippen LogP contribution in [-0.4, -0.2) is 29.8 Å². The van der Waals surface area contributed by atoms with E-state index >= 15 is 0 Å². The summed E-state index contributed by atoms with van der Waals surface area (Å²) in [6.45, 7) is 4.33. The molecule has 2 aromatic carbocycles. The van der Waals surface area contributed by atoms with E-state index in [0.717, 1.165) is 28.9 Å². The van der Waals surface area contributed by atoms with E-state index in [1.54, 1.807) is 0 Å². The molecule has 0 aliphatic carbocycles. The standard InChI is InChI=1S/C21H21F3N2O2/c1-12-3-4-13(2)17(11-12)25-20(27)14-7-9-26(10-8-14)21(28)15-5-6-16(22)19(24)18(15)23/h3-6,11,14H,7-10H2,1-2H3,(H,25,27). The van der Waals surface area contributed by atoms with Crippen LogP contribution < -0.4 is 5.32 Å². The Morgan fingerprint density at radius 1 is 1.00 bits per heavy atom. The van der Waals surface area contributed by atoms with Gasteiger partial charge in [0, 0.05) is 24.7 Å². The molecule has 0 bridgehead atoms. The number of hydrogen-bond acceptors (Lipinski definition) is 2. The Morgan fingerprint density at radius 2 is 1.68 bits per heavy atom. The van der Waals surface area contributed by atoms with Gasteiger partial charge in [-0.3, -0.25) is 9.59 Å². The van der Waals surface area contributed by atoms with Crippen molar-refractivity contribution in [2.75, 3.05) is 18.4 Å². The van der Waals surface area contributed by atoms with E-state index in [0.29, 0.717) is 12.8 Å². The van der Waals surface area contributed by atoms with E-state index in [9.17, 15) is 22.8 Å². The first-order chi connectivity index (χ1) is 13.3. The van der Waals surface area contributed by atoms with Crippen LogP contribution >= 0.6 is 0 Å². The van der Waals surface area contributed by atoms with Crippen molar-refractivity contribution in [1.82, 2.24) is 4.90 Å². The van der Waals surface area contributed by atoms with Gasteiger partial charge in [-0.1, -0.05) is 12.1 Å². The number of carbonyl (C=O) groups excluding carboxylic acids is 2. The molecule has 0 radical (unpaired) electrons. The Kier molecular flexibility index (Phi) is 5.72. The lowest BCUT2D eigenvalue weighted by molar-refractivity contribution is -0.121. The number of anilines is 1. The third-order valence-corrected chi connectivity index (χ3v) is 5.07. The van der Waals surface area contributed by atoms with Gasteiger partial charge in [-0.05, 0) is 56.0 Å². The number of nitrogens with zero attached hydrogens (tertiary/aromatic N) is 1. The Bertz CT molecular complexity index is 922. The predicted molar refractivity (Wildman–Crippen MR) is 99.5 cm³/mol. The molecular formula is C21H21F3N2O2. The second kappa shape index (κ2) is 8.04. The first-order valence-electron chi connectivity index (χ1n) is 9.09. The number of aryl methyl sites for hydroxylation is 2. The summed E-state index contributed by atoms with van der Waals surface area (Å²) in [5, 5.41) is 2.93. The Morgan fingerprint density at radius 3 is 2.36 bits per heavy atom. The van der Waals surface area contributed by atoms with Crippen molar-refractivity contribution in [1.29, 1.82) is 0 Å². The fourth-order valence-electron chi connectivity index (χ4n) is 3.31. The van der Waals surface area contributed by atoms with Crippen molar-refractivity contribution >= 4 is 17.5 Å². The lowest BCUT2D eigenvalue weighted by atomic mass is 9.95. The van der Waals surface area contributed by atoms with Gasteiger partial charge in [0.2, 0.25) is 5.91 Å². The number of halogens is 3. The van der Waals surface area contributed by atoms with Gasteiger partial charge in [0.15, 0.2) is 17.5 Å². The first-order valence-corrected chi connectivity index (χ1v) is 9.09. The van der Waals surface area contributed by atoms with Gasteiger partial charge in [0.05, 0.1) is 5.56 Å². The number of piperidine rings is 1. The van der Waals surface area contributed by atoms with Gasteiger partial charge < -0.3 is 10.2 Å². The zero-order valence-electron chi connectivity index (χ0n) is 15.7. The fraction of sp³-hybridized carbons (Fsp3) is 0.333. The quantitative estimate of drug-likeness (QED) is 0.798. The van der Waals surface area contributed by atoms with Gasteiger partial charge in [-0.15, -0.1) is 0 Å². The molecule has 4 nitrogen and oxygen atoms in total. The summed E-state index contributed by atoms with van der Waals surface area (Å²) in [5.41, 5.74) is 2.25. The summed E-state index contributed by atoms with van der Waals surface area (Å²) < 4.78 is 40.3. The molecule has 1 saturated heterocycles. The highest BCUT2D eigenvalue weighted by Crippen LogP contribution is 2.24. The molecule has 1 fully saturated rings. The van der Waals surface area contributed by atoms with Crippen molar-refractivity contribution in [3.8, 4) is 0 Å². The highest BCUT2D eigenvalue weighted by molar-refractivity contribution is 5.96. The molecule has 3 rings (SSSR count). The van der Waals surface area contributed by atoms with E-state index in [-0.39, 0.29) is 24.9 Å². The zero-order chi connectivity index (χ0) is 20.4. The maximum absolute atomic E-state index is 13.9. The molecule has 0 atom stereocenters. The number of nitrogens with one attached hydrogen (secondary N) is 1. The number of amides is 2. The monoisotopic (exact) mass is 390 g/mol. The minimum atomic E-state index is -1.66. The second-order valence-corrected chi connectivity index (χ2v) is 7.10. The van der Waals surface area contributed by atoms with Crippen LogP contribution in [0, 0.1) is 37.2 Å². The van der Waals surface area contributed by atoms with Crippen LogP contribution in [-0.2, 0) is 4.79 Å². The molecule has 1 aliphatic rings. The largest absolute Gasteiger partial charge is 0.339 e. The molecule has 0 saturated carbocycles. The summed E-state index contributed by atoms with van der Waals surface area (Å²) in [6.07, 6.45) is 0.821. The van der Waals surface area contributed by atoms with Crippen LogP contribution in [0.2, 0.25) is 0 Å². The van der Waals surface area contributed by atoms with Gasteiger partial charge in [0.1, 0.15) is 0 Å². The molecule has 28 heavy (non-hydrogen) atoms. The summed E-state index contributed by atoms with van der Waals surface area (Å²) in [7, 11) is 0. The van der Waals surface area contributed by atoms with Crippen LogP contribution in [0.25, 0.3) is 0 Å². The van der Waals surface area contributed by atoms with E-state index in [1.807, 2.05) is 32.0 Å². The SMILES string of the molecule is Cc1ccc(C)c(NC(=O)C2CCN(C(=O)c3ccc(F)c(F)c3F)CC2)c1. The molecule has 1 aliphatic heterocycles. The normalized spacial score (nSPS) is 14.8. The third kappa shape index (κ3) is 4.03. The highest BCUT2D eigenvalue weighted by atomic mass is 19.2. The molecule has 0 aromatic heterocycles. The van der Waals surface area contributed by atoms with Gasteiger partial charge in [-0.25, -0.2) is 13.2 Å². The summed E-state index contributed by atoms with van der Waals surface area (Å²) in [4.78, 5) is 26.3. The number of likely N-dealkylation sites (tertiary alicyclic amines) is 1. The van der Waals surface area contributed by atoms with Crippen molar-refractivity contribution in [3.63, 3.8) is 0 Å². The number of benzene rings is 2. The minimum absolute atomic E-state index is 0.125. The maximum Gasteiger partial charge on any atom is 0.256 e. The van der Waals surface area contributed by atoms with Crippen molar-refractivity contribution in [2.45, 2.75) is 26.7 Å². The van der Waals surface area contributed by atoms with Crippen LogP contribution in [0.4, 0.5) is 18.9 Å². The van der Waals surface area contributed by atoms with E-state index in [2.05, 4.69) is 5.32 Å². The van der Waals surface area contributed by atoms with E-state index in [1.165, 1.54) is 4.90 Å². The zero-order valence-corrected chi connectivity index (χ0v) is 15.7. The highest BCUT2D eigenvalue weighted by Gasteiger charge is 2.30. The number of hydrogen-bond donors (Lipinski definition) is 1. The minimum Gasteiger partial charge on any atom is -0.339 e. The van der Waals surface area contributed by atoms with E-state index in [4.69, 9.17) is 0 Å². The molecule has 1 heterocycles. The van der Waals surface area contributed by atoms with Crippen molar-refractivity contribution < 1.29 is 22.8 Å². The lowest BCUT2D eigenvalue weighted by Gasteiger charge is -2.31. The molecule has 1 N–H and O–H groups in total. The van der Waals surface area contributed by atoms with Crippen LogP contribution in [0.1, 0.15) is 34.3 Å². The van der Waals surface area contributed by atoms with Crippen LogP contribution in [0.5, 0.6) is 0 Å². The summed E-state index contributed by atoms with van der Waals surface area (Å²) in [6, 6.07) is 7.47. The average Bonchev–Trinajstić information content (AvgIpc) is 2.68. The molecule has 7 heteroatoms. The molecule has 0 unspecified atom stereocenters. The van der Waals surface area contributed by atoms with E-state index < -0.39 is 28.9 Å². The topological polar surface area (TPSA) is 49.4 Å². The average molecular weight is 390 g/mol. The predicted octanol–water partition coefficient (Wildman–Crippen LogP) is 4.21. The van der Waals surface area contributed by atoms with Gasteiger partial charge in [-0.2, -0.15) is 0 Å². The Hall–Kier alpha value is -2.83. The first kappa shape index (κ1) is 19.9. The fourth-order valence-corrected chi connectivity index (χ4v) is 3.31. The smallest absolute Gasteiger partial charge is 0.256 e.